The predicted molar refractivity (Wildman–Crippen MR) is 59.0 cm³/mol. The number of pyridine rings is 1. The Morgan fingerprint density at radius 2 is 2.18 bits per heavy atom. The number of aromatic nitrogens is 1. The summed E-state index contributed by atoms with van der Waals surface area (Å²) in [6, 6.07) is 2.63. The predicted octanol–water partition coefficient (Wildman–Crippen LogP) is 0.930. The van der Waals surface area contributed by atoms with E-state index in [0.29, 0.717) is 5.69 Å². The molecule has 0 amide bonds. The average Bonchev–Trinajstić information content (AvgIpc) is 2.21. The van der Waals surface area contributed by atoms with Gasteiger partial charge in [0.2, 0.25) is 0 Å². The first-order valence-corrected chi connectivity index (χ1v) is 5.00. The van der Waals surface area contributed by atoms with Gasteiger partial charge in [-0.15, -0.1) is 0 Å². The number of nitro groups is 1. The molecule has 0 unspecified atom stereocenters. The minimum Gasteiger partial charge on any atom is -0.481 e. The second-order valence-electron chi connectivity index (χ2n) is 3.57. The lowest BCUT2D eigenvalue weighted by molar-refractivity contribution is -0.386. The summed E-state index contributed by atoms with van der Waals surface area (Å²) < 4.78 is 1.22. The van der Waals surface area contributed by atoms with Crippen molar-refractivity contribution in [2.75, 3.05) is 0 Å². The first-order chi connectivity index (χ1) is 7.93. The molecule has 1 rings (SSSR count). The van der Waals surface area contributed by atoms with E-state index in [1.807, 2.05) is 0 Å². The van der Waals surface area contributed by atoms with Crippen LogP contribution in [0.3, 0.4) is 0 Å². The lowest BCUT2D eigenvalue weighted by Crippen LogP contribution is -2.24. The van der Waals surface area contributed by atoms with Crippen LogP contribution in [0, 0.1) is 17.0 Å². The molecule has 1 aromatic heterocycles. The molecule has 0 radical (unpaired) electrons. The number of hydrogen-bond acceptors (Lipinski definition) is 4. The molecule has 7 nitrogen and oxygen atoms in total. The molecule has 0 aliphatic heterocycles. The van der Waals surface area contributed by atoms with E-state index < -0.39 is 22.1 Å². The zero-order chi connectivity index (χ0) is 13.0. The van der Waals surface area contributed by atoms with E-state index in [1.54, 1.807) is 6.92 Å². The molecule has 17 heavy (non-hydrogen) atoms. The molecule has 1 aromatic rings. The molecular weight excluding hydrogens is 228 g/mol. The van der Waals surface area contributed by atoms with Gasteiger partial charge in [-0.3, -0.25) is 19.7 Å². The highest BCUT2D eigenvalue weighted by atomic mass is 16.6. The summed E-state index contributed by atoms with van der Waals surface area (Å²) in [6.07, 6.45) is 0.186. The zero-order valence-electron chi connectivity index (χ0n) is 9.25. The third kappa shape index (κ3) is 3.13. The Morgan fingerprint density at radius 3 is 2.71 bits per heavy atom. The Morgan fingerprint density at radius 1 is 1.53 bits per heavy atom. The smallest absolute Gasteiger partial charge is 0.334 e. The summed E-state index contributed by atoms with van der Waals surface area (Å²) in [7, 11) is 0. The minimum atomic E-state index is -0.957. The van der Waals surface area contributed by atoms with Crippen LogP contribution in [0.15, 0.2) is 16.9 Å². The van der Waals surface area contributed by atoms with Gasteiger partial charge in [0.1, 0.15) is 0 Å². The van der Waals surface area contributed by atoms with Crippen molar-refractivity contribution in [2.45, 2.75) is 26.3 Å². The molecule has 0 fully saturated rings. The summed E-state index contributed by atoms with van der Waals surface area (Å²) in [5.74, 6) is -0.957. The summed E-state index contributed by atoms with van der Waals surface area (Å²) in [5.41, 5.74) is -0.614. The van der Waals surface area contributed by atoms with E-state index in [2.05, 4.69) is 0 Å². The Bertz CT molecular complexity index is 506. The number of nitrogens with zero attached hydrogens (tertiary/aromatic N) is 2. The maximum absolute atomic E-state index is 11.7. The van der Waals surface area contributed by atoms with Gasteiger partial charge in [-0.05, 0) is 19.4 Å². The van der Waals surface area contributed by atoms with Crippen LogP contribution in [0.1, 0.15) is 18.5 Å². The molecule has 0 aromatic carbocycles. The number of carboxylic acids is 1. The topological polar surface area (TPSA) is 102 Å². The van der Waals surface area contributed by atoms with Gasteiger partial charge in [0, 0.05) is 24.7 Å². The molecule has 1 heterocycles. The van der Waals surface area contributed by atoms with Gasteiger partial charge in [-0.25, -0.2) is 0 Å². The van der Waals surface area contributed by atoms with Gasteiger partial charge in [0.25, 0.3) is 0 Å². The normalized spacial score (nSPS) is 10.2. The van der Waals surface area contributed by atoms with Crippen molar-refractivity contribution in [3.63, 3.8) is 0 Å². The average molecular weight is 240 g/mol. The fraction of sp³-hybridized carbons (Fsp3) is 0.400. The van der Waals surface area contributed by atoms with Crippen molar-refractivity contribution in [3.8, 4) is 0 Å². The van der Waals surface area contributed by atoms with E-state index >= 15 is 0 Å². The van der Waals surface area contributed by atoms with Crippen molar-refractivity contribution in [3.05, 3.63) is 38.3 Å². The van der Waals surface area contributed by atoms with Crippen LogP contribution in [0.5, 0.6) is 0 Å². The quantitative estimate of drug-likeness (QED) is 0.609. The molecule has 0 spiro atoms. The highest BCUT2D eigenvalue weighted by Crippen LogP contribution is 2.06. The van der Waals surface area contributed by atoms with E-state index in [0.717, 1.165) is 6.07 Å². The molecule has 1 N–H and O–H groups in total. The lowest BCUT2D eigenvalue weighted by Gasteiger charge is -2.08. The number of carboxylic acid groups (broad SMARTS) is 1. The molecule has 0 atom stereocenters. The molecule has 0 saturated heterocycles. The van der Waals surface area contributed by atoms with Crippen LogP contribution < -0.4 is 5.56 Å². The molecule has 0 aliphatic carbocycles. The fourth-order valence-corrected chi connectivity index (χ4v) is 1.46. The number of aryl methyl sites for hydroxylation is 1. The van der Waals surface area contributed by atoms with Crippen molar-refractivity contribution in [2.24, 2.45) is 0 Å². The number of aliphatic carboxylic acids is 1. The highest BCUT2D eigenvalue weighted by molar-refractivity contribution is 5.66. The maximum atomic E-state index is 11.7. The van der Waals surface area contributed by atoms with E-state index in [4.69, 9.17) is 5.11 Å². The molecule has 0 aliphatic rings. The Balaban J connectivity index is 2.98. The Kier molecular flexibility index (Phi) is 3.97. The van der Waals surface area contributed by atoms with Gasteiger partial charge in [-0.2, -0.15) is 0 Å². The monoisotopic (exact) mass is 240 g/mol. The first kappa shape index (κ1) is 12.9. The number of hydrogen-bond donors (Lipinski definition) is 1. The molecular formula is C10H12N2O5. The second-order valence-corrected chi connectivity index (χ2v) is 3.57. The molecule has 7 heteroatoms. The third-order valence-electron chi connectivity index (χ3n) is 2.34. The third-order valence-corrected chi connectivity index (χ3v) is 2.34. The van der Waals surface area contributed by atoms with Crippen LogP contribution >= 0.6 is 0 Å². The van der Waals surface area contributed by atoms with Crippen molar-refractivity contribution in [1.82, 2.24) is 4.57 Å². The van der Waals surface area contributed by atoms with Gasteiger partial charge < -0.3 is 9.67 Å². The first-order valence-electron chi connectivity index (χ1n) is 5.00. The zero-order valence-corrected chi connectivity index (χ0v) is 9.25. The minimum absolute atomic E-state index is 0.0748. The van der Waals surface area contributed by atoms with Gasteiger partial charge in [0.15, 0.2) is 0 Å². The standard InChI is InChI=1S/C10H12N2O5/c1-7-4-5-8(12(16)17)10(15)11(7)6-2-3-9(13)14/h4-5H,2-3,6H2,1H3,(H,13,14). The maximum Gasteiger partial charge on any atom is 0.334 e. The van der Waals surface area contributed by atoms with Gasteiger partial charge >= 0.3 is 17.2 Å². The summed E-state index contributed by atoms with van der Waals surface area (Å²) >= 11 is 0. The lowest BCUT2D eigenvalue weighted by atomic mass is 10.2. The molecule has 92 valence electrons. The van der Waals surface area contributed by atoms with Crippen molar-refractivity contribution < 1.29 is 14.8 Å². The van der Waals surface area contributed by atoms with E-state index in [9.17, 15) is 19.7 Å². The second kappa shape index (κ2) is 5.24. The Labute approximate surface area is 96.5 Å². The number of rotatable bonds is 5. The van der Waals surface area contributed by atoms with Crippen LogP contribution in [0.25, 0.3) is 0 Å². The van der Waals surface area contributed by atoms with Gasteiger partial charge in [0.05, 0.1) is 4.92 Å². The Hall–Kier alpha value is -2.18. The van der Waals surface area contributed by atoms with Crippen LogP contribution in [-0.4, -0.2) is 20.6 Å². The van der Waals surface area contributed by atoms with E-state index in [-0.39, 0.29) is 19.4 Å². The van der Waals surface area contributed by atoms with Gasteiger partial charge in [-0.1, -0.05) is 0 Å². The molecule has 0 saturated carbocycles. The highest BCUT2D eigenvalue weighted by Gasteiger charge is 2.15. The van der Waals surface area contributed by atoms with Crippen LogP contribution in [-0.2, 0) is 11.3 Å². The molecule has 0 bridgehead atoms. The SMILES string of the molecule is Cc1ccc([N+](=O)[O-])c(=O)n1CCCC(=O)O. The summed E-state index contributed by atoms with van der Waals surface area (Å²) in [6.45, 7) is 1.81. The fourth-order valence-electron chi connectivity index (χ4n) is 1.46. The summed E-state index contributed by atoms with van der Waals surface area (Å²) in [4.78, 5) is 31.8. The van der Waals surface area contributed by atoms with Crippen molar-refractivity contribution >= 4 is 11.7 Å². The largest absolute Gasteiger partial charge is 0.481 e. The summed E-state index contributed by atoms with van der Waals surface area (Å²) in [5, 5.41) is 19.0. The van der Waals surface area contributed by atoms with E-state index in [1.165, 1.54) is 10.6 Å². The van der Waals surface area contributed by atoms with Crippen LogP contribution in [0.2, 0.25) is 0 Å². The van der Waals surface area contributed by atoms with Crippen molar-refractivity contribution in [1.29, 1.82) is 0 Å². The van der Waals surface area contributed by atoms with Crippen LogP contribution in [0.4, 0.5) is 5.69 Å². The number of carbonyl (C=O) groups is 1.